The molecule has 1 heterocycles. The first-order valence-electron chi connectivity index (χ1n) is 6.56. The van der Waals surface area contributed by atoms with Crippen molar-refractivity contribution >= 4 is 28.8 Å². The van der Waals surface area contributed by atoms with Gasteiger partial charge in [0.05, 0.1) is 12.3 Å². The lowest BCUT2D eigenvalue weighted by Gasteiger charge is -2.12. The van der Waals surface area contributed by atoms with Crippen molar-refractivity contribution in [1.29, 1.82) is 0 Å². The Bertz CT molecular complexity index is 614. The third-order valence-electron chi connectivity index (χ3n) is 2.58. The van der Waals surface area contributed by atoms with Gasteiger partial charge in [-0.25, -0.2) is 4.39 Å². The Hall–Kier alpha value is -2.01. The van der Waals surface area contributed by atoms with E-state index in [1.54, 1.807) is 18.2 Å². The van der Waals surface area contributed by atoms with Gasteiger partial charge in [-0.2, -0.15) is 4.98 Å². The first kappa shape index (κ1) is 15.4. The van der Waals surface area contributed by atoms with Gasteiger partial charge in [0.1, 0.15) is 11.6 Å². The van der Waals surface area contributed by atoms with Crippen LogP contribution in [0.25, 0.3) is 0 Å². The normalized spacial score (nSPS) is 10.7. The number of nitrogens with zero attached hydrogens (tertiary/aromatic N) is 1. The number of hydrogen-bond acceptors (Lipinski definition) is 4. The van der Waals surface area contributed by atoms with Crippen molar-refractivity contribution in [2.24, 2.45) is 5.92 Å². The molecular formula is C15H17ClFN3O. The van der Waals surface area contributed by atoms with Gasteiger partial charge >= 0.3 is 0 Å². The zero-order valence-corrected chi connectivity index (χ0v) is 12.6. The van der Waals surface area contributed by atoms with Crippen LogP contribution in [0, 0.1) is 11.7 Å². The smallest absolute Gasteiger partial charge is 0.239 e. The van der Waals surface area contributed by atoms with Crippen molar-refractivity contribution in [1.82, 2.24) is 4.98 Å². The van der Waals surface area contributed by atoms with Crippen LogP contribution in [0.15, 0.2) is 30.3 Å². The highest BCUT2D eigenvalue weighted by atomic mass is 35.5. The van der Waals surface area contributed by atoms with Gasteiger partial charge in [0, 0.05) is 10.7 Å². The molecule has 2 rings (SSSR count). The molecule has 0 saturated carbocycles. The number of nitrogens with two attached hydrogens (primary N) is 1. The fourth-order valence-corrected chi connectivity index (χ4v) is 1.88. The minimum atomic E-state index is -0.420. The summed E-state index contributed by atoms with van der Waals surface area (Å²) in [5, 5.41) is 3.28. The second-order valence-electron chi connectivity index (χ2n) is 5.08. The molecule has 0 saturated heterocycles. The average molecular weight is 310 g/mol. The van der Waals surface area contributed by atoms with E-state index in [1.165, 1.54) is 12.1 Å². The Morgan fingerprint density at radius 3 is 2.76 bits per heavy atom. The van der Waals surface area contributed by atoms with Crippen LogP contribution in [-0.2, 0) is 0 Å². The highest BCUT2D eigenvalue weighted by Gasteiger charge is 2.07. The van der Waals surface area contributed by atoms with Crippen molar-refractivity contribution in [3.63, 3.8) is 0 Å². The zero-order chi connectivity index (χ0) is 15.4. The number of pyridine rings is 1. The molecule has 3 N–H and O–H groups in total. The maximum Gasteiger partial charge on any atom is 0.239 e. The van der Waals surface area contributed by atoms with E-state index in [4.69, 9.17) is 22.1 Å². The average Bonchev–Trinajstić information content (AvgIpc) is 2.38. The summed E-state index contributed by atoms with van der Waals surface area (Å²) in [5.74, 6) is 0.808. The molecule has 4 nitrogen and oxygen atoms in total. The lowest BCUT2D eigenvalue weighted by Crippen LogP contribution is -2.08. The molecule has 0 bridgehead atoms. The van der Waals surface area contributed by atoms with Gasteiger partial charge in [0.2, 0.25) is 5.88 Å². The number of aromatic nitrogens is 1. The molecule has 6 heteroatoms. The first-order valence-corrected chi connectivity index (χ1v) is 6.94. The Labute approximate surface area is 128 Å². The van der Waals surface area contributed by atoms with E-state index >= 15 is 0 Å². The third-order valence-corrected chi connectivity index (χ3v) is 2.80. The molecule has 0 fully saturated rings. The third kappa shape index (κ3) is 4.49. The minimum absolute atomic E-state index is 0.309. The van der Waals surface area contributed by atoms with E-state index in [2.05, 4.69) is 10.3 Å². The number of hydrogen-bond donors (Lipinski definition) is 2. The van der Waals surface area contributed by atoms with E-state index in [-0.39, 0.29) is 0 Å². The Balaban J connectivity index is 2.18. The number of benzene rings is 1. The largest absolute Gasteiger partial charge is 0.476 e. The van der Waals surface area contributed by atoms with Gasteiger partial charge in [0.25, 0.3) is 0 Å². The topological polar surface area (TPSA) is 60.2 Å². The van der Waals surface area contributed by atoms with Crippen molar-refractivity contribution < 1.29 is 9.13 Å². The summed E-state index contributed by atoms with van der Waals surface area (Å²) in [4.78, 5) is 4.27. The summed E-state index contributed by atoms with van der Waals surface area (Å²) >= 11 is 5.81. The van der Waals surface area contributed by atoms with E-state index < -0.39 is 5.82 Å². The Morgan fingerprint density at radius 2 is 2.10 bits per heavy atom. The second-order valence-corrected chi connectivity index (χ2v) is 5.52. The summed E-state index contributed by atoms with van der Waals surface area (Å²) in [6, 6.07) is 7.55. The zero-order valence-electron chi connectivity index (χ0n) is 11.9. The lowest BCUT2D eigenvalue weighted by atomic mass is 10.2. The summed E-state index contributed by atoms with van der Waals surface area (Å²) in [5.41, 5.74) is 6.78. The predicted molar refractivity (Wildman–Crippen MR) is 83.7 cm³/mol. The minimum Gasteiger partial charge on any atom is -0.476 e. The summed E-state index contributed by atoms with van der Waals surface area (Å²) < 4.78 is 18.8. The molecule has 0 aliphatic rings. The lowest BCUT2D eigenvalue weighted by molar-refractivity contribution is 0.263. The van der Waals surface area contributed by atoms with Crippen LogP contribution in [0.1, 0.15) is 13.8 Å². The van der Waals surface area contributed by atoms with Crippen LogP contribution in [-0.4, -0.2) is 11.6 Å². The summed E-state index contributed by atoms with van der Waals surface area (Å²) in [6.07, 6.45) is 0. The van der Waals surface area contributed by atoms with Crippen LogP contribution in [0.4, 0.5) is 21.6 Å². The standard InChI is InChI=1S/C15H17ClFN3O/c1-9(2)8-21-15-13(18)3-4-14(20-15)19-12-6-10(16)5-11(17)7-12/h3-7,9H,8,18H2,1-2H3,(H,19,20). The summed E-state index contributed by atoms with van der Waals surface area (Å²) in [6.45, 7) is 4.59. The van der Waals surface area contributed by atoms with Crippen LogP contribution in [0.2, 0.25) is 5.02 Å². The molecular weight excluding hydrogens is 293 g/mol. The van der Waals surface area contributed by atoms with Crippen LogP contribution in [0.5, 0.6) is 5.88 Å². The molecule has 0 aliphatic carbocycles. The van der Waals surface area contributed by atoms with Crippen molar-refractivity contribution in [3.8, 4) is 5.88 Å². The number of halogens is 2. The van der Waals surface area contributed by atoms with Crippen LogP contribution >= 0.6 is 11.6 Å². The highest BCUT2D eigenvalue weighted by molar-refractivity contribution is 6.30. The van der Waals surface area contributed by atoms with Gasteiger partial charge in [-0.1, -0.05) is 25.4 Å². The Morgan fingerprint density at radius 1 is 1.33 bits per heavy atom. The summed E-state index contributed by atoms with van der Waals surface area (Å²) in [7, 11) is 0. The molecule has 0 radical (unpaired) electrons. The SMILES string of the molecule is CC(C)COc1nc(Nc2cc(F)cc(Cl)c2)ccc1N. The van der Waals surface area contributed by atoms with Gasteiger partial charge in [-0.05, 0) is 36.2 Å². The van der Waals surface area contributed by atoms with E-state index in [0.29, 0.717) is 40.6 Å². The van der Waals surface area contributed by atoms with Gasteiger partial charge in [-0.3, -0.25) is 0 Å². The number of rotatable bonds is 5. The number of nitrogen functional groups attached to an aromatic ring is 1. The van der Waals surface area contributed by atoms with Crippen molar-refractivity contribution in [3.05, 3.63) is 41.2 Å². The molecule has 0 unspecified atom stereocenters. The van der Waals surface area contributed by atoms with E-state index in [0.717, 1.165) is 0 Å². The first-order chi connectivity index (χ1) is 9.94. The second kappa shape index (κ2) is 6.63. The van der Waals surface area contributed by atoms with Gasteiger partial charge in [0.15, 0.2) is 0 Å². The quantitative estimate of drug-likeness (QED) is 0.867. The van der Waals surface area contributed by atoms with Crippen LogP contribution in [0.3, 0.4) is 0 Å². The number of nitrogens with one attached hydrogen (secondary N) is 1. The molecule has 1 aromatic heterocycles. The van der Waals surface area contributed by atoms with Crippen molar-refractivity contribution in [2.45, 2.75) is 13.8 Å². The molecule has 0 aliphatic heterocycles. The predicted octanol–water partition coefficient (Wildman–Crippen LogP) is 4.23. The molecule has 0 spiro atoms. The van der Waals surface area contributed by atoms with E-state index in [9.17, 15) is 4.39 Å². The highest BCUT2D eigenvalue weighted by Crippen LogP contribution is 2.25. The Kier molecular flexibility index (Phi) is 4.85. The molecule has 0 atom stereocenters. The van der Waals surface area contributed by atoms with Crippen LogP contribution < -0.4 is 15.8 Å². The fraction of sp³-hybridized carbons (Fsp3) is 0.267. The molecule has 112 valence electrons. The molecule has 2 aromatic rings. The number of ether oxygens (including phenoxy) is 1. The van der Waals surface area contributed by atoms with Gasteiger partial charge in [-0.15, -0.1) is 0 Å². The van der Waals surface area contributed by atoms with Gasteiger partial charge < -0.3 is 15.8 Å². The maximum absolute atomic E-state index is 13.3. The van der Waals surface area contributed by atoms with Crippen molar-refractivity contribution in [2.75, 3.05) is 17.7 Å². The molecule has 0 amide bonds. The molecule has 21 heavy (non-hydrogen) atoms. The maximum atomic E-state index is 13.3. The fourth-order valence-electron chi connectivity index (χ4n) is 1.66. The molecule has 1 aromatic carbocycles. The van der Waals surface area contributed by atoms with E-state index in [1.807, 2.05) is 13.8 Å². The monoisotopic (exact) mass is 309 g/mol. The number of anilines is 3.